The minimum atomic E-state index is -1.49. The zero-order valence-corrected chi connectivity index (χ0v) is 11.6. The van der Waals surface area contributed by atoms with Crippen LogP contribution in [0.15, 0.2) is 48.5 Å². The Morgan fingerprint density at radius 1 is 0.824 bits per heavy atom. The van der Waals surface area contributed by atoms with Gasteiger partial charge in [0.2, 0.25) is 0 Å². The first kappa shape index (κ1) is 11.9. The molecule has 0 aliphatic heterocycles. The first-order chi connectivity index (χ1) is 8.00. The number of phenols is 1. The predicted molar refractivity (Wildman–Crippen MR) is 76.5 cm³/mol. The molecular formula is C15H18OSi. The molecule has 0 spiro atoms. The Hall–Kier alpha value is -1.54. The summed E-state index contributed by atoms with van der Waals surface area (Å²) in [5.41, 5.74) is 2.01. The smallest absolute Gasteiger partial charge is 0.122 e. The van der Waals surface area contributed by atoms with Crippen molar-refractivity contribution in [1.29, 1.82) is 0 Å². The van der Waals surface area contributed by atoms with Gasteiger partial charge in [-0.05, 0) is 10.8 Å². The maximum Gasteiger partial charge on any atom is 0.122 e. The summed E-state index contributed by atoms with van der Waals surface area (Å²) in [6.45, 7) is 6.74. The van der Waals surface area contributed by atoms with E-state index in [2.05, 4.69) is 19.6 Å². The van der Waals surface area contributed by atoms with Crippen LogP contribution in [0.3, 0.4) is 0 Å². The molecule has 0 aromatic heterocycles. The van der Waals surface area contributed by atoms with Crippen molar-refractivity contribution in [1.82, 2.24) is 0 Å². The van der Waals surface area contributed by atoms with Crippen molar-refractivity contribution in [3.05, 3.63) is 48.5 Å². The third kappa shape index (κ3) is 2.42. The van der Waals surface area contributed by atoms with Gasteiger partial charge in [-0.3, -0.25) is 0 Å². The lowest BCUT2D eigenvalue weighted by Crippen LogP contribution is -2.37. The molecular weight excluding hydrogens is 224 g/mol. The van der Waals surface area contributed by atoms with E-state index in [0.717, 1.165) is 16.3 Å². The van der Waals surface area contributed by atoms with Crippen LogP contribution in [0.25, 0.3) is 11.1 Å². The summed E-state index contributed by atoms with van der Waals surface area (Å²) in [6.07, 6.45) is 0. The lowest BCUT2D eigenvalue weighted by atomic mass is 10.1. The number of para-hydroxylation sites is 1. The van der Waals surface area contributed by atoms with E-state index < -0.39 is 8.07 Å². The van der Waals surface area contributed by atoms with E-state index >= 15 is 0 Å². The highest BCUT2D eigenvalue weighted by atomic mass is 28.3. The fourth-order valence-electron chi connectivity index (χ4n) is 2.00. The molecule has 1 nitrogen and oxygen atoms in total. The van der Waals surface area contributed by atoms with Crippen molar-refractivity contribution < 1.29 is 5.11 Å². The van der Waals surface area contributed by atoms with Crippen molar-refractivity contribution in [3.8, 4) is 16.9 Å². The Labute approximate surface area is 104 Å². The SMILES string of the molecule is C[Si](C)(C)c1cccc(-c2ccccc2)c1O. The molecule has 0 aliphatic rings. The van der Waals surface area contributed by atoms with Gasteiger partial charge in [0.1, 0.15) is 5.75 Å². The second-order valence-corrected chi connectivity index (χ2v) is 10.4. The lowest BCUT2D eigenvalue weighted by molar-refractivity contribution is 0.481. The molecule has 0 saturated heterocycles. The molecule has 88 valence electrons. The number of hydrogen-bond donors (Lipinski definition) is 1. The van der Waals surface area contributed by atoms with Gasteiger partial charge < -0.3 is 5.11 Å². The van der Waals surface area contributed by atoms with Gasteiger partial charge >= 0.3 is 0 Å². The quantitative estimate of drug-likeness (QED) is 0.798. The van der Waals surface area contributed by atoms with Crippen LogP contribution in [-0.4, -0.2) is 13.2 Å². The van der Waals surface area contributed by atoms with E-state index in [1.807, 2.05) is 48.5 Å². The zero-order chi connectivity index (χ0) is 12.5. The minimum absolute atomic E-state index is 0.456. The van der Waals surface area contributed by atoms with Gasteiger partial charge in [0.05, 0.1) is 8.07 Å². The molecule has 0 fully saturated rings. The normalized spacial score (nSPS) is 11.5. The van der Waals surface area contributed by atoms with Crippen LogP contribution >= 0.6 is 0 Å². The molecule has 2 rings (SSSR count). The van der Waals surface area contributed by atoms with Gasteiger partial charge in [-0.1, -0.05) is 68.2 Å². The van der Waals surface area contributed by atoms with E-state index in [1.165, 1.54) is 0 Å². The van der Waals surface area contributed by atoms with Crippen molar-refractivity contribution in [2.45, 2.75) is 19.6 Å². The molecule has 0 radical (unpaired) electrons. The van der Waals surface area contributed by atoms with E-state index in [-0.39, 0.29) is 0 Å². The molecule has 0 unspecified atom stereocenters. The van der Waals surface area contributed by atoms with Gasteiger partial charge in [-0.2, -0.15) is 0 Å². The molecule has 0 heterocycles. The number of rotatable bonds is 2. The standard InChI is InChI=1S/C15H18OSi/c1-17(2,3)14-11-7-10-13(15(14)16)12-8-5-4-6-9-12/h4-11,16H,1-3H3. The number of phenolic OH excluding ortho intramolecular Hbond substituents is 1. The number of aromatic hydroxyl groups is 1. The summed E-state index contributed by atoms with van der Waals surface area (Å²) >= 11 is 0. The molecule has 0 aliphatic carbocycles. The van der Waals surface area contributed by atoms with Crippen LogP contribution in [0.5, 0.6) is 5.75 Å². The molecule has 2 heteroatoms. The Morgan fingerprint density at radius 3 is 2.06 bits per heavy atom. The Bertz CT molecular complexity index is 512. The van der Waals surface area contributed by atoms with E-state index in [9.17, 15) is 5.11 Å². The molecule has 2 aromatic carbocycles. The monoisotopic (exact) mass is 242 g/mol. The van der Waals surface area contributed by atoms with Crippen LogP contribution in [0.4, 0.5) is 0 Å². The molecule has 0 bridgehead atoms. The highest BCUT2D eigenvalue weighted by Gasteiger charge is 2.21. The van der Waals surface area contributed by atoms with Gasteiger partial charge in [0.25, 0.3) is 0 Å². The average Bonchev–Trinajstić information content (AvgIpc) is 2.29. The van der Waals surface area contributed by atoms with Crippen LogP contribution < -0.4 is 5.19 Å². The molecule has 0 amide bonds. The van der Waals surface area contributed by atoms with Crippen LogP contribution in [0.1, 0.15) is 0 Å². The summed E-state index contributed by atoms with van der Waals surface area (Å²) in [7, 11) is -1.49. The fraction of sp³-hybridized carbons (Fsp3) is 0.200. The van der Waals surface area contributed by atoms with E-state index in [4.69, 9.17) is 0 Å². The molecule has 0 atom stereocenters. The summed E-state index contributed by atoms with van der Waals surface area (Å²) < 4.78 is 0. The molecule has 2 aromatic rings. The summed E-state index contributed by atoms with van der Waals surface area (Å²) in [5.74, 6) is 0.456. The Kier molecular flexibility index (Phi) is 3.07. The topological polar surface area (TPSA) is 20.2 Å². The third-order valence-corrected chi connectivity index (χ3v) is 4.95. The van der Waals surface area contributed by atoms with Gasteiger partial charge in [0.15, 0.2) is 0 Å². The Morgan fingerprint density at radius 2 is 1.47 bits per heavy atom. The maximum absolute atomic E-state index is 10.4. The third-order valence-electron chi connectivity index (χ3n) is 2.93. The lowest BCUT2D eigenvalue weighted by Gasteiger charge is -2.20. The van der Waals surface area contributed by atoms with Crippen LogP contribution in [0.2, 0.25) is 19.6 Å². The van der Waals surface area contributed by atoms with Crippen molar-refractivity contribution >= 4 is 13.3 Å². The van der Waals surface area contributed by atoms with E-state index in [0.29, 0.717) is 5.75 Å². The predicted octanol–water partition coefficient (Wildman–Crippen LogP) is 3.60. The summed E-state index contributed by atoms with van der Waals surface area (Å²) in [6, 6.07) is 16.1. The van der Waals surface area contributed by atoms with Crippen molar-refractivity contribution in [2.24, 2.45) is 0 Å². The highest BCUT2D eigenvalue weighted by Crippen LogP contribution is 2.28. The summed E-state index contributed by atoms with van der Waals surface area (Å²) in [5, 5.41) is 11.5. The first-order valence-electron chi connectivity index (χ1n) is 5.88. The molecule has 0 saturated carbocycles. The Balaban J connectivity index is 2.58. The van der Waals surface area contributed by atoms with E-state index in [1.54, 1.807) is 0 Å². The van der Waals surface area contributed by atoms with Gasteiger partial charge in [0, 0.05) is 5.56 Å². The minimum Gasteiger partial charge on any atom is -0.507 e. The van der Waals surface area contributed by atoms with Crippen LogP contribution in [0, 0.1) is 0 Å². The average molecular weight is 242 g/mol. The molecule has 1 N–H and O–H groups in total. The van der Waals surface area contributed by atoms with Gasteiger partial charge in [-0.25, -0.2) is 0 Å². The molecule has 17 heavy (non-hydrogen) atoms. The fourth-order valence-corrected chi connectivity index (χ4v) is 3.44. The maximum atomic E-state index is 10.4. The largest absolute Gasteiger partial charge is 0.507 e. The summed E-state index contributed by atoms with van der Waals surface area (Å²) in [4.78, 5) is 0. The van der Waals surface area contributed by atoms with Crippen LogP contribution in [-0.2, 0) is 0 Å². The zero-order valence-electron chi connectivity index (χ0n) is 10.6. The van der Waals surface area contributed by atoms with Crippen molar-refractivity contribution in [2.75, 3.05) is 0 Å². The van der Waals surface area contributed by atoms with Gasteiger partial charge in [-0.15, -0.1) is 0 Å². The second kappa shape index (κ2) is 4.38. The highest BCUT2D eigenvalue weighted by molar-refractivity contribution is 6.89. The number of benzene rings is 2. The second-order valence-electron chi connectivity index (χ2n) is 5.32. The first-order valence-corrected chi connectivity index (χ1v) is 9.38. The number of hydrogen-bond acceptors (Lipinski definition) is 1. The van der Waals surface area contributed by atoms with Crippen molar-refractivity contribution in [3.63, 3.8) is 0 Å².